The molecule has 5 nitrogen and oxygen atoms in total. The molecule has 0 fully saturated rings. The molecule has 0 aliphatic rings. The van der Waals surface area contributed by atoms with Crippen molar-refractivity contribution in [2.24, 2.45) is 0 Å². The first-order chi connectivity index (χ1) is 8.95. The Balaban J connectivity index is 2.75. The summed E-state index contributed by atoms with van der Waals surface area (Å²) in [6.07, 6.45) is 1.62. The number of ether oxygens (including phenoxy) is 1. The lowest BCUT2D eigenvalue weighted by Crippen LogP contribution is -2.10. The van der Waals surface area contributed by atoms with Crippen molar-refractivity contribution in [2.45, 2.75) is 13.8 Å². The second-order valence-electron chi connectivity index (χ2n) is 4.18. The van der Waals surface area contributed by atoms with E-state index in [0.29, 0.717) is 22.0 Å². The maximum absolute atomic E-state index is 11.9. The molecule has 2 rings (SSSR count). The van der Waals surface area contributed by atoms with Crippen molar-refractivity contribution in [1.29, 1.82) is 0 Å². The molecule has 0 bridgehead atoms. The number of carbonyl (C=O) groups is 1. The molecule has 0 aliphatic heterocycles. The van der Waals surface area contributed by atoms with Crippen LogP contribution in [0.3, 0.4) is 0 Å². The molecule has 0 unspecified atom stereocenters. The van der Waals surface area contributed by atoms with Crippen LogP contribution in [0.1, 0.15) is 21.7 Å². The molecule has 19 heavy (non-hydrogen) atoms. The predicted molar refractivity (Wildman–Crippen MR) is 73.8 cm³/mol. The molecular formula is C13H14ClN3O2. The Morgan fingerprint density at radius 3 is 2.63 bits per heavy atom. The average Bonchev–Trinajstić information content (AvgIpc) is 2.68. The summed E-state index contributed by atoms with van der Waals surface area (Å²) in [7, 11) is 1.31. The van der Waals surface area contributed by atoms with Gasteiger partial charge in [0.25, 0.3) is 0 Å². The number of imidazole rings is 1. The SMILES string of the molecule is COC(=O)c1cc(N)cc(Cl)c1-n1cnc(C)c1C. The number of nitrogens with zero attached hydrogens (tertiary/aromatic N) is 2. The minimum Gasteiger partial charge on any atom is -0.465 e. The molecule has 0 aliphatic carbocycles. The third kappa shape index (κ3) is 2.29. The highest BCUT2D eigenvalue weighted by Crippen LogP contribution is 2.29. The van der Waals surface area contributed by atoms with Gasteiger partial charge in [0.05, 0.1) is 35.4 Å². The number of esters is 1. The van der Waals surface area contributed by atoms with Crippen LogP contribution < -0.4 is 5.73 Å². The smallest absolute Gasteiger partial charge is 0.340 e. The van der Waals surface area contributed by atoms with Crippen LogP contribution in [0.25, 0.3) is 5.69 Å². The van der Waals surface area contributed by atoms with Gasteiger partial charge in [0.15, 0.2) is 0 Å². The van der Waals surface area contributed by atoms with E-state index in [1.54, 1.807) is 23.0 Å². The lowest BCUT2D eigenvalue weighted by molar-refractivity contribution is 0.0601. The summed E-state index contributed by atoms with van der Waals surface area (Å²) in [6, 6.07) is 3.14. The quantitative estimate of drug-likeness (QED) is 0.677. The van der Waals surface area contributed by atoms with Gasteiger partial charge in [0.2, 0.25) is 0 Å². The van der Waals surface area contributed by atoms with Crippen LogP contribution in [-0.4, -0.2) is 22.6 Å². The summed E-state index contributed by atoms with van der Waals surface area (Å²) in [5.74, 6) is -0.491. The number of benzene rings is 1. The maximum atomic E-state index is 11.9. The fraction of sp³-hybridized carbons (Fsp3) is 0.231. The Morgan fingerprint density at radius 1 is 1.42 bits per heavy atom. The van der Waals surface area contributed by atoms with Gasteiger partial charge in [-0.15, -0.1) is 0 Å². The molecule has 0 amide bonds. The number of halogens is 1. The first-order valence-electron chi connectivity index (χ1n) is 5.64. The van der Waals surface area contributed by atoms with Crippen molar-refractivity contribution in [1.82, 2.24) is 9.55 Å². The second-order valence-corrected chi connectivity index (χ2v) is 4.58. The highest BCUT2D eigenvalue weighted by molar-refractivity contribution is 6.33. The van der Waals surface area contributed by atoms with E-state index in [2.05, 4.69) is 4.98 Å². The lowest BCUT2D eigenvalue weighted by atomic mass is 10.1. The Hall–Kier alpha value is -2.01. The van der Waals surface area contributed by atoms with Gasteiger partial charge in [-0.2, -0.15) is 0 Å². The number of aryl methyl sites for hydroxylation is 1. The van der Waals surface area contributed by atoms with Gasteiger partial charge in [-0.1, -0.05) is 11.6 Å². The number of aromatic nitrogens is 2. The van der Waals surface area contributed by atoms with Gasteiger partial charge in [-0.25, -0.2) is 9.78 Å². The fourth-order valence-corrected chi connectivity index (χ4v) is 2.17. The van der Waals surface area contributed by atoms with Crippen LogP contribution in [0.15, 0.2) is 18.5 Å². The van der Waals surface area contributed by atoms with Gasteiger partial charge in [0, 0.05) is 11.4 Å². The minimum absolute atomic E-state index is 0.313. The van der Waals surface area contributed by atoms with E-state index >= 15 is 0 Å². The summed E-state index contributed by atoms with van der Waals surface area (Å²) in [5, 5.41) is 0.376. The molecule has 1 aromatic heterocycles. The number of methoxy groups -OCH3 is 1. The average molecular weight is 280 g/mol. The Kier molecular flexibility index (Phi) is 3.48. The number of hydrogen-bond donors (Lipinski definition) is 1. The molecule has 0 radical (unpaired) electrons. The van der Waals surface area contributed by atoms with Crippen molar-refractivity contribution >= 4 is 23.3 Å². The van der Waals surface area contributed by atoms with Crippen LogP contribution in [-0.2, 0) is 4.74 Å². The van der Waals surface area contributed by atoms with Crippen LogP contribution in [0, 0.1) is 13.8 Å². The second kappa shape index (κ2) is 4.93. The van der Waals surface area contributed by atoms with Gasteiger partial charge in [0.1, 0.15) is 0 Å². The number of carbonyl (C=O) groups excluding carboxylic acids is 1. The third-order valence-corrected chi connectivity index (χ3v) is 3.27. The Morgan fingerprint density at radius 2 is 2.11 bits per heavy atom. The van der Waals surface area contributed by atoms with Gasteiger partial charge < -0.3 is 15.0 Å². The summed E-state index contributed by atoms with van der Waals surface area (Å²) in [5.41, 5.74) is 8.74. The zero-order chi connectivity index (χ0) is 14.2. The topological polar surface area (TPSA) is 70.1 Å². The van der Waals surface area contributed by atoms with E-state index in [9.17, 15) is 4.79 Å². The summed E-state index contributed by atoms with van der Waals surface area (Å²) < 4.78 is 6.52. The normalized spacial score (nSPS) is 10.5. The minimum atomic E-state index is -0.491. The molecule has 0 atom stereocenters. The van der Waals surface area contributed by atoms with E-state index in [4.69, 9.17) is 22.1 Å². The first kappa shape index (κ1) is 13.4. The van der Waals surface area contributed by atoms with Crippen molar-refractivity contribution < 1.29 is 9.53 Å². The lowest BCUT2D eigenvalue weighted by Gasteiger charge is -2.13. The van der Waals surface area contributed by atoms with E-state index < -0.39 is 5.97 Å². The molecule has 100 valence electrons. The molecule has 2 N–H and O–H groups in total. The van der Waals surface area contributed by atoms with Crippen molar-refractivity contribution in [3.05, 3.63) is 40.4 Å². The highest BCUT2D eigenvalue weighted by Gasteiger charge is 2.19. The van der Waals surface area contributed by atoms with Gasteiger partial charge in [-0.3, -0.25) is 0 Å². The van der Waals surface area contributed by atoms with Crippen LogP contribution in [0.2, 0.25) is 5.02 Å². The van der Waals surface area contributed by atoms with E-state index in [0.717, 1.165) is 11.4 Å². The van der Waals surface area contributed by atoms with Crippen molar-refractivity contribution in [3.63, 3.8) is 0 Å². The monoisotopic (exact) mass is 279 g/mol. The predicted octanol–water partition coefficient (Wildman–Crippen LogP) is 2.51. The van der Waals surface area contributed by atoms with Crippen molar-refractivity contribution in [3.8, 4) is 5.69 Å². The van der Waals surface area contributed by atoms with Crippen LogP contribution in [0.5, 0.6) is 0 Å². The first-order valence-corrected chi connectivity index (χ1v) is 6.01. The molecule has 2 aromatic rings. The van der Waals surface area contributed by atoms with Crippen LogP contribution in [0.4, 0.5) is 5.69 Å². The number of hydrogen-bond acceptors (Lipinski definition) is 4. The van der Waals surface area contributed by atoms with Gasteiger partial charge in [-0.05, 0) is 26.0 Å². The highest BCUT2D eigenvalue weighted by atomic mass is 35.5. The number of rotatable bonds is 2. The van der Waals surface area contributed by atoms with Gasteiger partial charge >= 0.3 is 5.97 Å². The molecule has 6 heteroatoms. The van der Waals surface area contributed by atoms with Crippen LogP contribution >= 0.6 is 11.6 Å². The molecular weight excluding hydrogens is 266 g/mol. The molecule has 0 saturated carbocycles. The molecule has 1 heterocycles. The Bertz CT molecular complexity index is 650. The van der Waals surface area contributed by atoms with E-state index in [1.807, 2.05) is 13.8 Å². The molecule has 0 saturated heterocycles. The summed E-state index contributed by atoms with van der Waals surface area (Å²) in [4.78, 5) is 16.1. The standard InChI is InChI=1S/C13H14ClN3O2/c1-7-8(2)17(6-16-7)12-10(13(18)19-3)4-9(15)5-11(12)14/h4-6H,15H2,1-3H3. The summed E-state index contributed by atoms with van der Waals surface area (Å²) >= 11 is 6.22. The van der Waals surface area contributed by atoms with Crippen molar-refractivity contribution in [2.75, 3.05) is 12.8 Å². The third-order valence-electron chi connectivity index (χ3n) is 2.98. The van der Waals surface area contributed by atoms with E-state index in [-0.39, 0.29) is 0 Å². The zero-order valence-electron chi connectivity index (χ0n) is 10.9. The number of anilines is 1. The summed E-state index contributed by atoms with van der Waals surface area (Å²) in [6.45, 7) is 3.78. The molecule has 1 aromatic carbocycles. The number of nitrogens with two attached hydrogens (primary N) is 1. The van der Waals surface area contributed by atoms with E-state index in [1.165, 1.54) is 7.11 Å². The maximum Gasteiger partial charge on any atom is 0.340 e. The zero-order valence-corrected chi connectivity index (χ0v) is 11.7. The fourth-order valence-electron chi connectivity index (χ4n) is 1.85. The molecule has 0 spiro atoms. The number of nitrogen functional groups attached to an aromatic ring is 1. The Labute approximate surface area is 116 Å². The largest absolute Gasteiger partial charge is 0.465 e.